The zero-order valence-electron chi connectivity index (χ0n) is 12.8. The van der Waals surface area contributed by atoms with Crippen LogP contribution in [0, 0.1) is 11.3 Å². The van der Waals surface area contributed by atoms with Crippen molar-refractivity contribution >= 4 is 33.9 Å². The Hall–Kier alpha value is -3.06. The third-order valence-electron chi connectivity index (χ3n) is 3.74. The first-order chi connectivity index (χ1) is 11.2. The van der Waals surface area contributed by atoms with Crippen LogP contribution in [0.2, 0.25) is 0 Å². The molecule has 2 aromatic carbocycles. The molecule has 1 heterocycles. The summed E-state index contributed by atoms with van der Waals surface area (Å²) in [6.45, 7) is 2.36. The number of nitrogens with zero attached hydrogens (tertiary/aromatic N) is 2. The van der Waals surface area contributed by atoms with Gasteiger partial charge >= 0.3 is 5.97 Å². The molecule has 0 unspecified atom stereocenters. The Bertz CT molecular complexity index is 945. The van der Waals surface area contributed by atoms with Gasteiger partial charge in [-0.1, -0.05) is 24.3 Å². The number of para-hydroxylation sites is 1. The molecule has 0 radical (unpaired) electrons. The number of hydrogen-bond acceptors (Lipinski definition) is 3. The molecule has 0 aliphatic carbocycles. The largest absolute Gasteiger partial charge is 0.465 e. The molecule has 23 heavy (non-hydrogen) atoms. The molecule has 4 nitrogen and oxygen atoms in total. The number of carbonyl (C=O) groups is 1. The number of fused-ring (bicyclic) bond motifs is 3. The van der Waals surface area contributed by atoms with Crippen LogP contribution in [0.3, 0.4) is 0 Å². The zero-order chi connectivity index (χ0) is 16.2. The van der Waals surface area contributed by atoms with E-state index in [2.05, 4.69) is 0 Å². The summed E-state index contributed by atoms with van der Waals surface area (Å²) in [6, 6.07) is 15.9. The SMILES string of the molecule is CCOC(=O)Cn1c2ccccc2c2cc(/C=C/C#N)ccc21. The Morgan fingerprint density at radius 1 is 1.22 bits per heavy atom. The molecule has 0 fully saturated rings. The molecule has 114 valence electrons. The van der Waals surface area contributed by atoms with E-state index in [0.29, 0.717) is 6.61 Å². The van der Waals surface area contributed by atoms with Gasteiger partial charge < -0.3 is 9.30 Å². The smallest absolute Gasteiger partial charge is 0.325 e. The van der Waals surface area contributed by atoms with Crippen molar-refractivity contribution in [3.05, 3.63) is 54.1 Å². The van der Waals surface area contributed by atoms with Gasteiger partial charge in [0.2, 0.25) is 0 Å². The van der Waals surface area contributed by atoms with Crippen LogP contribution < -0.4 is 0 Å². The first-order valence-corrected chi connectivity index (χ1v) is 7.47. The van der Waals surface area contributed by atoms with Gasteiger partial charge in [-0.25, -0.2) is 0 Å². The fourth-order valence-corrected chi connectivity index (χ4v) is 2.81. The van der Waals surface area contributed by atoms with Crippen molar-refractivity contribution in [2.75, 3.05) is 6.61 Å². The summed E-state index contributed by atoms with van der Waals surface area (Å²) < 4.78 is 7.06. The summed E-state index contributed by atoms with van der Waals surface area (Å²) in [5.74, 6) is -0.247. The normalized spacial score (nSPS) is 11.1. The van der Waals surface area contributed by atoms with Crippen molar-refractivity contribution in [3.8, 4) is 6.07 Å². The van der Waals surface area contributed by atoms with E-state index in [-0.39, 0.29) is 12.5 Å². The van der Waals surface area contributed by atoms with E-state index >= 15 is 0 Å². The van der Waals surface area contributed by atoms with Crippen molar-refractivity contribution in [2.45, 2.75) is 13.5 Å². The summed E-state index contributed by atoms with van der Waals surface area (Å²) in [6.07, 6.45) is 3.23. The maximum absolute atomic E-state index is 11.9. The number of carbonyl (C=O) groups excluding carboxylic acids is 1. The predicted octanol–water partition coefficient (Wildman–Crippen LogP) is 3.89. The van der Waals surface area contributed by atoms with Gasteiger partial charge in [0.25, 0.3) is 0 Å². The number of benzene rings is 2. The second-order valence-electron chi connectivity index (χ2n) is 5.15. The number of allylic oxidation sites excluding steroid dienone is 1. The predicted molar refractivity (Wildman–Crippen MR) is 90.7 cm³/mol. The third kappa shape index (κ3) is 2.82. The number of esters is 1. The van der Waals surface area contributed by atoms with E-state index in [0.717, 1.165) is 27.4 Å². The molecule has 3 rings (SSSR count). The Kier molecular flexibility index (Phi) is 4.11. The minimum Gasteiger partial charge on any atom is -0.465 e. The molecule has 1 aromatic heterocycles. The van der Waals surface area contributed by atoms with Crippen LogP contribution in [0.5, 0.6) is 0 Å². The molecule has 0 saturated carbocycles. The summed E-state index contributed by atoms with van der Waals surface area (Å²) >= 11 is 0. The van der Waals surface area contributed by atoms with E-state index < -0.39 is 0 Å². The van der Waals surface area contributed by atoms with Gasteiger partial charge in [-0.3, -0.25) is 4.79 Å². The lowest BCUT2D eigenvalue weighted by atomic mass is 10.1. The van der Waals surface area contributed by atoms with Gasteiger partial charge in [0.1, 0.15) is 6.54 Å². The van der Waals surface area contributed by atoms with Gasteiger partial charge in [0.05, 0.1) is 12.7 Å². The molecule has 4 heteroatoms. The lowest BCUT2D eigenvalue weighted by Gasteiger charge is -2.07. The molecule has 0 aliphatic rings. The van der Waals surface area contributed by atoms with Crippen molar-refractivity contribution in [1.82, 2.24) is 4.57 Å². The highest BCUT2D eigenvalue weighted by atomic mass is 16.5. The van der Waals surface area contributed by atoms with Crippen LogP contribution in [0.15, 0.2) is 48.5 Å². The molecule has 0 saturated heterocycles. The molecule has 0 atom stereocenters. The van der Waals surface area contributed by atoms with Gasteiger partial charge in [-0.15, -0.1) is 0 Å². The second kappa shape index (κ2) is 6.37. The van der Waals surface area contributed by atoms with E-state index in [1.807, 2.05) is 53.1 Å². The maximum Gasteiger partial charge on any atom is 0.325 e. The third-order valence-corrected chi connectivity index (χ3v) is 3.74. The van der Waals surface area contributed by atoms with Crippen LogP contribution in [0.1, 0.15) is 12.5 Å². The lowest BCUT2D eigenvalue weighted by molar-refractivity contribution is -0.143. The molecule has 0 spiro atoms. The Balaban J connectivity index is 2.19. The van der Waals surface area contributed by atoms with Crippen LogP contribution in [0.25, 0.3) is 27.9 Å². The van der Waals surface area contributed by atoms with E-state index in [4.69, 9.17) is 10.00 Å². The number of nitriles is 1. The lowest BCUT2D eigenvalue weighted by Crippen LogP contribution is -2.13. The van der Waals surface area contributed by atoms with Crippen molar-refractivity contribution in [2.24, 2.45) is 0 Å². The van der Waals surface area contributed by atoms with E-state index in [1.165, 1.54) is 6.08 Å². The average Bonchev–Trinajstić information content (AvgIpc) is 2.87. The van der Waals surface area contributed by atoms with Crippen molar-refractivity contribution in [1.29, 1.82) is 5.26 Å². The molecule has 0 amide bonds. The number of rotatable bonds is 4. The zero-order valence-corrected chi connectivity index (χ0v) is 12.8. The first-order valence-electron chi connectivity index (χ1n) is 7.47. The first kappa shape index (κ1) is 14.9. The van der Waals surface area contributed by atoms with Crippen LogP contribution in [-0.2, 0) is 16.1 Å². The van der Waals surface area contributed by atoms with Crippen molar-refractivity contribution < 1.29 is 9.53 Å². The van der Waals surface area contributed by atoms with Gasteiger partial charge in [0.15, 0.2) is 0 Å². The van der Waals surface area contributed by atoms with Crippen LogP contribution in [0.4, 0.5) is 0 Å². The Morgan fingerprint density at radius 3 is 2.78 bits per heavy atom. The van der Waals surface area contributed by atoms with E-state index in [1.54, 1.807) is 13.0 Å². The highest BCUT2D eigenvalue weighted by Crippen LogP contribution is 2.30. The Labute approximate surface area is 134 Å². The summed E-state index contributed by atoms with van der Waals surface area (Å²) in [5.41, 5.74) is 2.93. The number of ether oxygens (including phenoxy) is 1. The van der Waals surface area contributed by atoms with Gasteiger partial charge in [-0.2, -0.15) is 5.26 Å². The topological polar surface area (TPSA) is 55.0 Å². The maximum atomic E-state index is 11.9. The monoisotopic (exact) mass is 304 g/mol. The fraction of sp³-hybridized carbons (Fsp3) is 0.158. The standard InChI is InChI=1S/C19H16N2O2/c1-2-23-19(22)13-21-17-8-4-3-7-15(17)16-12-14(6-5-11-20)9-10-18(16)21/h3-10,12H,2,13H2,1H3/b6-5+. The quantitative estimate of drug-likeness (QED) is 0.542. The molecule has 0 N–H and O–H groups in total. The highest BCUT2D eigenvalue weighted by molar-refractivity contribution is 6.09. The number of aromatic nitrogens is 1. The van der Waals surface area contributed by atoms with E-state index in [9.17, 15) is 4.79 Å². The molecule has 3 aromatic rings. The van der Waals surface area contributed by atoms with Crippen LogP contribution in [-0.4, -0.2) is 17.1 Å². The minimum absolute atomic E-state index is 0.186. The fourth-order valence-electron chi connectivity index (χ4n) is 2.81. The molecular weight excluding hydrogens is 288 g/mol. The minimum atomic E-state index is -0.247. The molecule has 0 aliphatic heterocycles. The van der Waals surface area contributed by atoms with Crippen LogP contribution >= 0.6 is 0 Å². The summed E-state index contributed by atoms with van der Waals surface area (Å²) in [4.78, 5) is 11.9. The summed E-state index contributed by atoms with van der Waals surface area (Å²) in [7, 11) is 0. The summed E-state index contributed by atoms with van der Waals surface area (Å²) in [5, 5.41) is 10.8. The van der Waals surface area contributed by atoms with Crippen molar-refractivity contribution in [3.63, 3.8) is 0 Å². The molecule has 0 bridgehead atoms. The van der Waals surface area contributed by atoms with Gasteiger partial charge in [0, 0.05) is 27.9 Å². The highest BCUT2D eigenvalue weighted by Gasteiger charge is 2.13. The second-order valence-corrected chi connectivity index (χ2v) is 5.15. The molecular formula is C19H16N2O2. The average molecular weight is 304 g/mol. The van der Waals surface area contributed by atoms with Gasteiger partial charge in [-0.05, 0) is 36.8 Å². The number of hydrogen-bond donors (Lipinski definition) is 0. The Morgan fingerprint density at radius 2 is 2.00 bits per heavy atom.